The normalized spacial score (nSPS) is 18.8. The fourth-order valence-corrected chi connectivity index (χ4v) is 3.67. The summed E-state index contributed by atoms with van der Waals surface area (Å²) in [4.78, 5) is 24.8. The summed E-state index contributed by atoms with van der Waals surface area (Å²) in [5.74, 6) is -0.493. The quantitative estimate of drug-likeness (QED) is 0.814. The minimum absolute atomic E-state index is 0.0122. The molecule has 0 unspecified atom stereocenters. The highest BCUT2D eigenvalue weighted by molar-refractivity contribution is 7.91. The molecule has 23 heavy (non-hydrogen) atoms. The second kappa shape index (κ2) is 7.59. The Bertz CT molecular complexity index is 640. The van der Waals surface area contributed by atoms with Gasteiger partial charge in [0.1, 0.15) is 0 Å². The van der Waals surface area contributed by atoms with E-state index >= 15 is 0 Å². The first-order valence-corrected chi connectivity index (χ1v) is 9.58. The van der Waals surface area contributed by atoms with Crippen molar-refractivity contribution in [2.75, 3.05) is 18.1 Å². The lowest BCUT2D eigenvalue weighted by atomic mass is 10.1. The molecule has 0 bridgehead atoms. The van der Waals surface area contributed by atoms with Gasteiger partial charge in [0.05, 0.1) is 11.5 Å². The van der Waals surface area contributed by atoms with Crippen molar-refractivity contribution in [3.8, 4) is 0 Å². The maximum absolute atomic E-state index is 12.1. The Kier molecular flexibility index (Phi) is 5.76. The molecule has 2 rings (SSSR count). The van der Waals surface area contributed by atoms with Gasteiger partial charge in [-0.1, -0.05) is 37.3 Å². The molecule has 1 heterocycles. The first-order valence-electron chi connectivity index (χ1n) is 7.76. The summed E-state index contributed by atoms with van der Waals surface area (Å²) >= 11 is 0. The first-order chi connectivity index (χ1) is 10.9. The van der Waals surface area contributed by atoms with Crippen LogP contribution in [0.1, 0.15) is 25.3 Å². The van der Waals surface area contributed by atoms with Gasteiger partial charge in [0.15, 0.2) is 9.84 Å². The summed E-state index contributed by atoms with van der Waals surface area (Å²) in [6, 6.07) is 8.71. The minimum atomic E-state index is -3.32. The molecule has 1 aromatic carbocycles. The van der Waals surface area contributed by atoms with E-state index in [1.54, 1.807) is 0 Å². The van der Waals surface area contributed by atoms with Crippen molar-refractivity contribution in [3.05, 3.63) is 35.9 Å². The average Bonchev–Trinajstić information content (AvgIpc) is 2.53. The van der Waals surface area contributed by atoms with Crippen LogP contribution in [-0.2, 0) is 21.1 Å². The van der Waals surface area contributed by atoms with E-state index < -0.39 is 15.9 Å². The molecular formula is C16H22N2O4S. The molecule has 1 saturated heterocycles. The maximum Gasteiger partial charge on any atom is 0.324 e. The van der Waals surface area contributed by atoms with Crippen LogP contribution in [0.5, 0.6) is 0 Å². The van der Waals surface area contributed by atoms with E-state index in [0.29, 0.717) is 12.8 Å². The summed E-state index contributed by atoms with van der Waals surface area (Å²) in [6.07, 6.45) is 1.34. The van der Waals surface area contributed by atoms with Crippen LogP contribution in [0.25, 0.3) is 0 Å². The predicted molar refractivity (Wildman–Crippen MR) is 87.7 cm³/mol. The van der Waals surface area contributed by atoms with Gasteiger partial charge in [-0.15, -0.1) is 0 Å². The number of urea groups is 1. The molecule has 3 amide bonds. The monoisotopic (exact) mass is 338 g/mol. The molecular weight excluding hydrogens is 316 g/mol. The van der Waals surface area contributed by atoms with Gasteiger partial charge >= 0.3 is 6.03 Å². The number of aryl methyl sites for hydroxylation is 1. The summed E-state index contributed by atoms with van der Waals surface area (Å²) in [6.45, 7) is 1.81. The maximum atomic E-state index is 12.1. The molecule has 7 heteroatoms. The zero-order chi connectivity index (χ0) is 16.9. The fourth-order valence-electron chi connectivity index (χ4n) is 2.46. The van der Waals surface area contributed by atoms with Gasteiger partial charge in [-0.2, -0.15) is 0 Å². The second-order valence-electron chi connectivity index (χ2n) is 5.69. The Labute approximate surface area is 136 Å². The van der Waals surface area contributed by atoms with Gasteiger partial charge in [-0.05, 0) is 18.4 Å². The number of benzene rings is 1. The van der Waals surface area contributed by atoms with E-state index in [2.05, 4.69) is 5.32 Å². The van der Waals surface area contributed by atoms with E-state index in [9.17, 15) is 18.0 Å². The summed E-state index contributed by atoms with van der Waals surface area (Å²) < 4.78 is 24.2. The number of hydrogen-bond donors (Lipinski definition) is 1. The second-order valence-corrected chi connectivity index (χ2v) is 8.00. The highest BCUT2D eigenvalue weighted by Crippen LogP contribution is 2.11. The summed E-state index contributed by atoms with van der Waals surface area (Å²) in [7, 11) is -3.32. The average molecular weight is 338 g/mol. The SMILES string of the molecule is CC[C@@H]1CC(=O)N(CCS(=O)(=O)CCc2ccccc2)C(=O)N1. The smallest absolute Gasteiger partial charge is 0.324 e. The Morgan fingerprint density at radius 1 is 1.17 bits per heavy atom. The lowest BCUT2D eigenvalue weighted by Gasteiger charge is -2.30. The van der Waals surface area contributed by atoms with Gasteiger partial charge in [-0.3, -0.25) is 9.69 Å². The van der Waals surface area contributed by atoms with Crippen molar-refractivity contribution in [2.24, 2.45) is 0 Å². The third-order valence-corrected chi connectivity index (χ3v) is 5.59. The molecule has 0 spiro atoms. The van der Waals surface area contributed by atoms with Crippen LogP contribution in [0.2, 0.25) is 0 Å². The lowest BCUT2D eigenvalue weighted by Crippen LogP contribution is -2.55. The van der Waals surface area contributed by atoms with Gasteiger partial charge in [0.2, 0.25) is 5.91 Å². The van der Waals surface area contributed by atoms with Crippen molar-refractivity contribution < 1.29 is 18.0 Å². The van der Waals surface area contributed by atoms with E-state index in [-0.39, 0.29) is 36.4 Å². The molecule has 0 radical (unpaired) electrons. The topological polar surface area (TPSA) is 83.6 Å². The van der Waals surface area contributed by atoms with Crippen molar-refractivity contribution in [2.45, 2.75) is 32.2 Å². The third-order valence-electron chi connectivity index (χ3n) is 3.96. The predicted octanol–water partition coefficient (Wildman–Crippen LogP) is 1.36. The molecule has 1 atom stereocenters. The molecule has 6 nitrogen and oxygen atoms in total. The van der Waals surface area contributed by atoms with Crippen LogP contribution >= 0.6 is 0 Å². The Morgan fingerprint density at radius 3 is 2.48 bits per heavy atom. The van der Waals surface area contributed by atoms with E-state index in [1.165, 1.54) is 0 Å². The van der Waals surface area contributed by atoms with E-state index in [1.807, 2.05) is 37.3 Å². The number of carbonyl (C=O) groups is 2. The summed E-state index contributed by atoms with van der Waals surface area (Å²) in [5.41, 5.74) is 0.952. The van der Waals surface area contributed by atoms with Crippen molar-refractivity contribution >= 4 is 21.8 Å². The minimum Gasteiger partial charge on any atom is -0.334 e. The highest BCUT2D eigenvalue weighted by Gasteiger charge is 2.31. The third kappa shape index (κ3) is 5.06. The van der Waals surface area contributed by atoms with Crippen molar-refractivity contribution in [1.82, 2.24) is 10.2 Å². The van der Waals surface area contributed by atoms with Gasteiger partial charge < -0.3 is 5.32 Å². The van der Waals surface area contributed by atoms with Gasteiger partial charge in [0.25, 0.3) is 0 Å². The summed E-state index contributed by atoms with van der Waals surface area (Å²) in [5, 5.41) is 2.71. The highest BCUT2D eigenvalue weighted by atomic mass is 32.2. The Morgan fingerprint density at radius 2 is 1.87 bits per heavy atom. The standard InChI is InChI=1S/C16H22N2O4S/c1-2-14-12-15(19)18(16(20)17-14)9-11-23(21,22)10-8-13-6-4-3-5-7-13/h3-7,14H,2,8-12H2,1H3,(H,17,20)/t14-/m1/s1. The van der Waals surface area contributed by atoms with Crippen LogP contribution in [-0.4, -0.2) is 49.3 Å². The molecule has 0 aromatic heterocycles. The van der Waals surface area contributed by atoms with Crippen LogP contribution < -0.4 is 5.32 Å². The Hall–Kier alpha value is -1.89. The number of rotatable bonds is 7. The van der Waals surface area contributed by atoms with Crippen molar-refractivity contribution in [3.63, 3.8) is 0 Å². The number of amides is 3. The van der Waals surface area contributed by atoms with E-state index in [0.717, 1.165) is 10.5 Å². The van der Waals surface area contributed by atoms with Gasteiger partial charge in [-0.25, -0.2) is 13.2 Å². The molecule has 1 aliphatic rings. The molecule has 1 aromatic rings. The molecule has 1 N–H and O–H groups in total. The lowest BCUT2D eigenvalue weighted by molar-refractivity contribution is -0.129. The number of imide groups is 1. The zero-order valence-corrected chi connectivity index (χ0v) is 14.0. The fraction of sp³-hybridized carbons (Fsp3) is 0.500. The van der Waals surface area contributed by atoms with Crippen LogP contribution in [0.4, 0.5) is 4.79 Å². The molecule has 1 fully saturated rings. The number of hydrogen-bond acceptors (Lipinski definition) is 4. The molecule has 0 aliphatic carbocycles. The molecule has 1 aliphatic heterocycles. The molecule has 126 valence electrons. The number of carbonyl (C=O) groups excluding carboxylic acids is 2. The Balaban J connectivity index is 1.86. The molecule has 0 saturated carbocycles. The van der Waals surface area contributed by atoms with Gasteiger partial charge in [0, 0.05) is 19.0 Å². The number of nitrogens with zero attached hydrogens (tertiary/aromatic N) is 1. The number of sulfone groups is 1. The van der Waals surface area contributed by atoms with Crippen LogP contribution in [0.3, 0.4) is 0 Å². The largest absolute Gasteiger partial charge is 0.334 e. The number of nitrogens with one attached hydrogen (secondary N) is 1. The zero-order valence-electron chi connectivity index (χ0n) is 13.2. The van der Waals surface area contributed by atoms with E-state index in [4.69, 9.17) is 0 Å². The van der Waals surface area contributed by atoms with Crippen molar-refractivity contribution in [1.29, 1.82) is 0 Å². The van der Waals surface area contributed by atoms with Crippen LogP contribution in [0, 0.1) is 0 Å². The first kappa shape index (κ1) is 17.5. The van der Waals surface area contributed by atoms with Crippen LogP contribution in [0.15, 0.2) is 30.3 Å².